The molecule has 7 nitrogen and oxygen atoms in total. The molecule has 3 aromatic carbocycles. The molecule has 0 fully saturated rings. The van der Waals surface area contributed by atoms with Gasteiger partial charge in [-0.25, -0.2) is 4.79 Å². The molecule has 7 heteroatoms. The first-order chi connectivity index (χ1) is 19.5. The van der Waals surface area contributed by atoms with E-state index < -0.39 is 12.1 Å². The molecule has 3 N–H and O–H groups in total. The van der Waals surface area contributed by atoms with Gasteiger partial charge in [0, 0.05) is 23.6 Å². The predicted molar refractivity (Wildman–Crippen MR) is 162 cm³/mol. The monoisotopic (exact) mass is 563 g/mol. The van der Waals surface area contributed by atoms with Crippen LogP contribution in [0.3, 0.4) is 0 Å². The van der Waals surface area contributed by atoms with Gasteiger partial charge in [0.05, 0.1) is 12.5 Å². The quantitative estimate of drug-likeness (QED) is 0.178. The summed E-state index contributed by atoms with van der Waals surface area (Å²) in [7, 11) is 0. The average molecular weight is 564 g/mol. The van der Waals surface area contributed by atoms with Crippen LogP contribution in [0, 0.1) is 5.92 Å². The Hall–Kier alpha value is -3.52. The van der Waals surface area contributed by atoms with Crippen molar-refractivity contribution in [3.05, 3.63) is 101 Å². The van der Waals surface area contributed by atoms with Gasteiger partial charge in [-0.05, 0) is 69.5 Å². The van der Waals surface area contributed by atoms with Gasteiger partial charge < -0.3 is 20.1 Å². The van der Waals surface area contributed by atoms with Crippen LogP contribution in [0.15, 0.2) is 78.9 Å². The van der Waals surface area contributed by atoms with E-state index in [0.29, 0.717) is 23.4 Å². The van der Waals surface area contributed by atoms with E-state index in [2.05, 4.69) is 44.7 Å². The first-order valence-corrected chi connectivity index (χ1v) is 14.2. The van der Waals surface area contributed by atoms with Gasteiger partial charge in [-0.1, -0.05) is 80.6 Å². The number of hydrogen-bond acceptors (Lipinski definition) is 6. The minimum atomic E-state index is -1.41. The van der Waals surface area contributed by atoms with Gasteiger partial charge in [-0.2, -0.15) is 0 Å². The Morgan fingerprint density at radius 2 is 1.34 bits per heavy atom. The number of aliphatic hydroxyl groups excluding tert-OH is 2. The molecule has 3 rings (SSSR count). The molecule has 1 unspecified atom stereocenters. The minimum absolute atomic E-state index is 0.0446. The smallest absolute Gasteiger partial charge is 0.337 e. The molecule has 222 valence electrons. The Morgan fingerprint density at radius 3 is 1.80 bits per heavy atom. The van der Waals surface area contributed by atoms with Crippen molar-refractivity contribution in [1.82, 2.24) is 4.90 Å². The summed E-state index contributed by atoms with van der Waals surface area (Å²) in [6.07, 6.45) is -0.516. The maximum absolute atomic E-state index is 12.3. The van der Waals surface area contributed by atoms with E-state index in [1.807, 2.05) is 50.2 Å². The molecule has 0 aliphatic heterocycles. The van der Waals surface area contributed by atoms with Crippen LogP contribution < -0.4 is 4.74 Å². The van der Waals surface area contributed by atoms with Crippen molar-refractivity contribution in [2.45, 2.75) is 78.7 Å². The Morgan fingerprint density at radius 1 is 0.805 bits per heavy atom. The van der Waals surface area contributed by atoms with E-state index >= 15 is 0 Å². The molecule has 0 aromatic heterocycles. The van der Waals surface area contributed by atoms with Gasteiger partial charge in [-0.15, -0.1) is 0 Å². The van der Waals surface area contributed by atoms with E-state index in [9.17, 15) is 14.7 Å². The number of hydrogen-bond donors (Lipinski definition) is 3. The highest BCUT2D eigenvalue weighted by atomic mass is 16.5. The number of carboxylic acids is 1. The van der Waals surface area contributed by atoms with Crippen molar-refractivity contribution in [2.75, 3.05) is 6.54 Å². The number of esters is 1. The fourth-order valence-corrected chi connectivity index (χ4v) is 4.64. The maximum Gasteiger partial charge on any atom is 0.337 e. The summed E-state index contributed by atoms with van der Waals surface area (Å²) in [5.74, 6) is -1.03. The Bertz CT molecular complexity index is 1200. The van der Waals surface area contributed by atoms with E-state index in [1.165, 1.54) is 5.56 Å². The summed E-state index contributed by atoms with van der Waals surface area (Å²) in [4.78, 5) is 25.1. The third-order valence-electron chi connectivity index (χ3n) is 6.87. The number of carboxylic acid groups (broad SMARTS) is 1. The number of aliphatic carboxylic acids is 1. The molecule has 0 saturated heterocycles. The fourth-order valence-electron chi connectivity index (χ4n) is 4.64. The lowest BCUT2D eigenvalue weighted by atomic mass is 9.86. The molecule has 0 radical (unpaired) electrons. The highest BCUT2D eigenvalue weighted by molar-refractivity contribution is 5.75. The minimum Gasteiger partial charge on any atom is -0.479 e. The number of nitrogens with zero attached hydrogens (tertiary/aromatic N) is 1. The molecule has 0 saturated carbocycles. The molecule has 0 aliphatic carbocycles. The van der Waals surface area contributed by atoms with Gasteiger partial charge in [0.2, 0.25) is 0 Å². The Labute approximate surface area is 244 Å². The first-order valence-electron chi connectivity index (χ1n) is 14.2. The summed E-state index contributed by atoms with van der Waals surface area (Å²) >= 11 is 0. The van der Waals surface area contributed by atoms with Crippen LogP contribution in [0.25, 0.3) is 0 Å². The summed E-state index contributed by atoms with van der Waals surface area (Å²) in [6.45, 7) is 13.4. The van der Waals surface area contributed by atoms with Crippen LogP contribution in [0.4, 0.5) is 0 Å². The Balaban J connectivity index is 0.000000446. The molecule has 0 heterocycles. The van der Waals surface area contributed by atoms with Crippen LogP contribution >= 0.6 is 0 Å². The first kappa shape index (κ1) is 33.7. The molecule has 41 heavy (non-hydrogen) atoms. The fraction of sp³-hybridized carbons (Fsp3) is 0.412. The third kappa shape index (κ3) is 10.4. The summed E-state index contributed by atoms with van der Waals surface area (Å²) in [5, 5.41) is 27.1. The number of ether oxygens (including phenoxy) is 1. The van der Waals surface area contributed by atoms with Crippen LogP contribution in [-0.4, -0.2) is 50.8 Å². The summed E-state index contributed by atoms with van der Waals surface area (Å²) < 4.78 is 5.78. The zero-order valence-electron chi connectivity index (χ0n) is 25.0. The SMILES string of the molecule is CC(C)C(=O)Oc1ccc(CO)cc1[C@H](CCN(C(C)C)C(C)C)c1ccccc1.O=C(O)C(O)c1ccccc1. The van der Waals surface area contributed by atoms with Gasteiger partial charge in [0.1, 0.15) is 5.75 Å². The van der Waals surface area contributed by atoms with Crippen LogP contribution in [0.1, 0.15) is 82.2 Å². The molecule has 3 aromatic rings. The van der Waals surface area contributed by atoms with Crippen LogP contribution in [-0.2, 0) is 16.2 Å². The number of carbonyl (C=O) groups excluding carboxylic acids is 1. The second-order valence-electron chi connectivity index (χ2n) is 10.9. The number of benzene rings is 3. The van der Waals surface area contributed by atoms with E-state index in [-0.39, 0.29) is 24.4 Å². The number of carbonyl (C=O) groups is 2. The van der Waals surface area contributed by atoms with Crippen LogP contribution in [0.5, 0.6) is 5.75 Å². The standard InChI is InChI=1S/C26H37NO3.C8H8O3/c1-18(2)26(29)30-25-13-12-21(17-28)16-24(25)23(22-10-8-7-9-11-22)14-15-27(19(3)4)20(5)6;9-7(8(10)11)6-4-2-1-3-5-6/h7-13,16,18-20,23,28H,14-15,17H2,1-6H3;1-5,7,9H,(H,10,11)/t23-;/m1./s1. The lowest BCUT2D eigenvalue weighted by Gasteiger charge is -2.32. The van der Waals surface area contributed by atoms with Crippen molar-refractivity contribution in [3.8, 4) is 5.75 Å². The maximum atomic E-state index is 12.3. The number of rotatable bonds is 12. The second kappa shape index (κ2) is 16.7. The highest BCUT2D eigenvalue weighted by Gasteiger charge is 2.24. The molecule has 0 spiro atoms. The largest absolute Gasteiger partial charge is 0.479 e. The van der Waals surface area contributed by atoms with E-state index in [1.54, 1.807) is 30.3 Å². The zero-order chi connectivity index (χ0) is 30.5. The van der Waals surface area contributed by atoms with E-state index in [0.717, 1.165) is 24.1 Å². The predicted octanol–water partition coefficient (Wildman–Crippen LogP) is 6.19. The van der Waals surface area contributed by atoms with Gasteiger partial charge in [0.15, 0.2) is 6.10 Å². The van der Waals surface area contributed by atoms with Crippen molar-refractivity contribution in [2.24, 2.45) is 5.92 Å². The molecule has 0 amide bonds. The number of aliphatic hydroxyl groups is 2. The molecule has 2 atom stereocenters. The molecular weight excluding hydrogens is 518 g/mol. The van der Waals surface area contributed by atoms with Gasteiger partial charge in [-0.3, -0.25) is 9.69 Å². The molecule has 0 bridgehead atoms. The molecule has 0 aliphatic rings. The van der Waals surface area contributed by atoms with Crippen molar-refractivity contribution in [3.63, 3.8) is 0 Å². The second-order valence-corrected chi connectivity index (χ2v) is 10.9. The normalized spacial score (nSPS) is 12.7. The van der Waals surface area contributed by atoms with Crippen molar-refractivity contribution in [1.29, 1.82) is 0 Å². The Kier molecular flexibility index (Phi) is 13.7. The zero-order valence-corrected chi connectivity index (χ0v) is 25.0. The highest BCUT2D eigenvalue weighted by Crippen LogP contribution is 2.36. The van der Waals surface area contributed by atoms with Gasteiger partial charge >= 0.3 is 11.9 Å². The topological polar surface area (TPSA) is 107 Å². The summed E-state index contributed by atoms with van der Waals surface area (Å²) in [5.41, 5.74) is 3.36. The lowest BCUT2D eigenvalue weighted by Crippen LogP contribution is -2.38. The van der Waals surface area contributed by atoms with Crippen molar-refractivity contribution < 1.29 is 29.6 Å². The van der Waals surface area contributed by atoms with Gasteiger partial charge in [0.25, 0.3) is 0 Å². The van der Waals surface area contributed by atoms with Crippen LogP contribution in [0.2, 0.25) is 0 Å². The average Bonchev–Trinajstić information content (AvgIpc) is 2.96. The molecular formula is C34H45NO6. The lowest BCUT2D eigenvalue weighted by molar-refractivity contribution is -0.147. The summed E-state index contributed by atoms with van der Waals surface area (Å²) in [6, 6.07) is 25.1. The van der Waals surface area contributed by atoms with E-state index in [4.69, 9.17) is 14.9 Å². The third-order valence-corrected chi connectivity index (χ3v) is 6.87. The van der Waals surface area contributed by atoms with Crippen molar-refractivity contribution >= 4 is 11.9 Å².